The highest BCUT2D eigenvalue weighted by Gasteiger charge is 2.12. The molecule has 0 spiro atoms. The minimum absolute atomic E-state index is 0.102. The van der Waals surface area contributed by atoms with Crippen LogP contribution in [0.2, 0.25) is 10.0 Å². The van der Waals surface area contributed by atoms with Crippen LogP contribution in [0.15, 0.2) is 78.9 Å². The highest BCUT2D eigenvalue weighted by atomic mass is 35.5. The van der Waals surface area contributed by atoms with Gasteiger partial charge in [-0.15, -0.1) is 0 Å². The smallest absolute Gasteiger partial charge is 0.243 e. The summed E-state index contributed by atoms with van der Waals surface area (Å²) >= 11 is 12.5. The molecule has 4 rings (SSSR count). The monoisotopic (exact) mass is 463 g/mol. The molecule has 0 atom stereocenters. The molecular formula is C26H23Cl2N3O. The van der Waals surface area contributed by atoms with Gasteiger partial charge in [0.15, 0.2) is 0 Å². The van der Waals surface area contributed by atoms with Crippen molar-refractivity contribution in [1.82, 2.24) is 14.9 Å². The van der Waals surface area contributed by atoms with E-state index in [4.69, 9.17) is 28.2 Å². The number of carbonyl (C=O) groups excluding carboxylic acids is 1. The van der Waals surface area contributed by atoms with Crippen molar-refractivity contribution in [3.63, 3.8) is 0 Å². The molecule has 6 heteroatoms. The topological polar surface area (TPSA) is 46.9 Å². The largest absolute Gasteiger partial charge is 0.353 e. The Balaban J connectivity index is 1.41. The van der Waals surface area contributed by atoms with Crippen molar-refractivity contribution in [2.75, 3.05) is 6.54 Å². The Morgan fingerprint density at radius 1 is 1.00 bits per heavy atom. The van der Waals surface area contributed by atoms with E-state index in [2.05, 4.69) is 16.0 Å². The number of aromatic nitrogens is 2. The van der Waals surface area contributed by atoms with E-state index in [1.807, 2.05) is 66.7 Å². The molecule has 0 aliphatic rings. The Bertz CT molecular complexity index is 1250. The number of aryl methyl sites for hydroxylation is 1. The highest BCUT2D eigenvalue weighted by molar-refractivity contribution is 6.35. The Kier molecular flexibility index (Phi) is 7.25. The molecule has 1 amide bonds. The molecule has 0 bridgehead atoms. The summed E-state index contributed by atoms with van der Waals surface area (Å²) in [7, 11) is 0. The number of nitrogens with zero attached hydrogens (tertiary/aromatic N) is 2. The molecule has 4 nitrogen and oxygen atoms in total. The summed E-state index contributed by atoms with van der Waals surface area (Å²) in [5.41, 5.74) is 3.99. The first-order chi connectivity index (χ1) is 15.6. The standard InChI is InChI=1S/C26H23Cl2N3O/c27-21-14-13-20(22(28)17-21)18-31-24-10-5-4-9-23(24)30-25(31)11-6-16-29-26(32)15-12-19-7-2-1-3-8-19/h1-5,7-10,12-15,17H,6,11,16,18H2,(H,29,32)/b15-12+. The summed E-state index contributed by atoms with van der Waals surface area (Å²) in [6, 6.07) is 23.4. The molecule has 3 aromatic carbocycles. The van der Waals surface area contributed by atoms with Crippen LogP contribution in [0, 0.1) is 0 Å². The van der Waals surface area contributed by atoms with Crippen LogP contribution in [0.4, 0.5) is 0 Å². The third kappa shape index (κ3) is 5.58. The Hall–Kier alpha value is -3.08. The molecule has 1 aromatic heterocycles. The lowest BCUT2D eigenvalue weighted by molar-refractivity contribution is -0.116. The Labute approximate surface area is 197 Å². The zero-order valence-corrected chi connectivity index (χ0v) is 19.0. The van der Waals surface area contributed by atoms with E-state index in [0.29, 0.717) is 23.1 Å². The molecule has 0 saturated carbocycles. The lowest BCUT2D eigenvalue weighted by atomic mass is 10.2. The summed E-state index contributed by atoms with van der Waals surface area (Å²) in [5, 5.41) is 4.20. The van der Waals surface area contributed by atoms with Crippen LogP contribution in [0.3, 0.4) is 0 Å². The van der Waals surface area contributed by atoms with Crippen molar-refractivity contribution in [2.45, 2.75) is 19.4 Å². The van der Waals surface area contributed by atoms with Crippen LogP contribution in [0.5, 0.6) is 0 Å². The number of fused-ring (bicyclic) bond motifs is 1. The minimum atomic E-state index is -0.102. The van der Waals surface area contributed by atoms with Gasteiger partial charge in [-0.05, 0) is 47.9 Å². The molecule has 0 saturated heterocycles. The molecule has 0 fully saturated rings. The van der Waals surface area contributed by atoms with E-state index in [9.17, 15) is 4.79 Å². The van der Waals surface area contributed by atoms with Gasteiger partial charge in [0.2, 0.25) is 5.91 Å². The molecule has 0 radical (unpaired) electrons. The van der Waals surface area contributed by atoms with E-state index >= 15 is 0 Å². The van der Waals surface area contributed by atoms with Gasteiger partial charge in [0.05, 0.1) is 17.6 Å². The third-order valence-corrected chi connectivity index (χ3v) is 5.77. The van der Waals surface area contributed by atoms with Crippen LogP contribution in [-0.4, -0.2) is 22.0 Å². The first kappa shape index (κ1) is 22.1. The maximum atomic E-state index is 12.1. The summed E-state index contributed by atoms with van der Waals surface area (Å²) < 4.78 is 2.18. The van der Waals surface area contributed by atoms with Crippen molar-refractivity contribution in [3.05, 3.63) is 106 Å². The number of carbonyl (C=O) groups is 1. The molecule has 32 heavy (non-hydrogen) atoms. The number of hydrogen-bond acceptors (Lipinski definition) is 2. The molecule has 1 heterocycles. The van der Waals surface area contributed by atoms with Gasteiger partial charge < -0.3 is 9.88 Å². The lowest BCUT2D eigenvalue weighted by Gasteiger charge is -2.11. The number of hydrogen-bond donors (Lipinski definition) is 1. The van der Waals surface area contributed by atoms with Gasteiger partial charge in [-0.1, -0.05) is 71.7 Å². The summed E-state index contributed by atoms with van der Waals surface area (Å²) in [4.78, 5) is 16.9. The van der Waals surface area contributed by atoms with E-state index in [-0.39, 0.29) is 5.91 Å². The average molecular weight is 464 g/mol. The number of imidazole rings is 1. The van der Waals surface area contributed by atoms with Crippen LogP contribution in [0.1, 0.15) is 23.4 Å². The fraction of sp³-hybridized carbons (Fsp3) is 0.154. The van der Waals surface area contributed by atoms with Gasteiger partial charge >= 0.3 is 0 Å². The first-order valence-corrected chi connectivity index (χ1v) is 11.2. The first-order valence-electron chi connectivity index (χ1n) is 10.5. The number of amides is 1. The predicted molar refractivity (Wildman–Crippen MR) is 132 cm³/mol. The van der Waals surface area contributed by atoms with Crippen molar-refractivity contribution < 1.29 is 4.79 Å². The second-order valence-corrected chi connectivity index (χ2v) is 8.32. The molecular weight excluding hydrogens is 441 g/mol. The van der Waals surface area contributed by atoms with E-state index < -0.39 is 0 Å². The summed E-state index contributed by atoms with van der Waals surface area (Å²) in [6.45, 7) is 1.18. The van der Waals surface area contributed by atoms with Gasteiger partial charge in [-0.2, -0.15) is 0 Å². The maximum absolute atomic E-state index is 12.1. The number of nitrogens with one attached hydrogen (secondary N) is 1. The molecule has 0 aliphatic carbocycles. The maximum Gasteiger partial charge on any atom is 0.243 e. The van der Waals surface area contributed by atoms with Gasteiger partial charge in [-0.25, -0.2) is 4.98 Å². The van der Waals surface area contributed by atoms with Crippen molar-refractivity contribution in [2.24, 2.45) is 0 Å². The molecule has 162 valence electrons. The van der Waals surface area contributed by atoms with Crippen LogP contribution in [0.25, 0.3) is 17.1 Å². The second kappa shape index (κ2) is 10.5. The van der Waals surface area contributed by atoms with Crippen molar-refractivity contribution >= 4 is 46.2 Å². The normalized spacial score (nSPS) is 11.3. The molecule has 4 aromatic rings. The zero-order chi connectivity index (χ0) is 22.3. The van der Waals surface area contributed by atoms with Crippen LogP contribution in [-0.2, 0) is 17.8 Å². The molecule has 0 unspecified atom stereocenters. The Morgan fingerprint density at radius 2 is 1.78 bits per heavy atom. The SMILES string of the molecule is O=C(/C=C/c1ccccc1)NCCCc1nc2ccccc2n1Cc1ccc(Cl)cc1Cl. The molecule has 0 aliphatic heterocycles. The second-order valence-electron chi connectivity index (χ2n) is 7.48. The Morgan fingerprint density at radius 3 is 2.59 bits per heavy atom. The fourth-order valence-electron chi connectivity index (χ4n) is 3.57. The van der Waals surface area contributed by atoms with Crippen molar-refractivity contribution in [1.29, 1.82) is 0 Å². The summed E-state index contributed by atoms with van der Waals surface area (Å²) in [5.74, 6) is 0.863. The number of para-hydroxylation sites is 2. The zero-order valence-electron chi connectivity index (χ0n) is 17.5. The average Bonchev–Trinajstić information content (AvgIpc) is 3.15. The van der Waals surface area contributed by atoms with Gasteiger partial charge in [-0.3, -0.25) is 4.79 Å². The van der Waals surface area contributed by atoms with Crippen LogP contribution < -0.4 is 5.32 Å². The predicted octanol–water partition coefficient (Wildman–Crippen LogP) is 6.15. The quantitative estimate of drug-likeness (QED) is 0.251. The van der Waals surface area contributed by atoms with Crippen LogP contribution >= 0.6 is 23.2 Å². The fourth-order valence-corrected chi connectivity index (χ4v) is 4.03. The highest BCUT2D eigenvalue weighted by Crippen LogP contribution is 2.25. The minimum Gasteiger partial charge on any atom is -0.353 e. The van der Waals surface area contributed by atoms with E-state index in [1.165, 1.54) is 0 Å². The third-order valence-electron chi connectivity index (χ3n) is 5.18. The summed E-state index contributed by atoms with van der Waals surface area (Å²) in [6.07, 6.45) is 4.89. The van der Waals surface area contributed by atoms with Crippen molar-refractivity contribution in [3.8, 4) is 0 Å². The van der Waals surface area contributed by atoms with Gasteiger partial charge in [0, 0.05) is 29.1 Å². The number of benzene rings is 3. The van der Waals surface area contributed by atoms with Gasteiger partial charge in [0.1, 0.15) is 5.82 Å². The number of rotatable bonds is 8. The molecule has 1 N–H and O–H groups in total. The van der Waals surface area contributed by atoms with Gasteiger partial charge in [0.25, 0.3) is 0 Å². The number of halogens is 2. The lowest BCUT2D eigenvalue weighted by Crippen LogP contribution is -2.22. The van der Waals surface area contributed by atoms with E-state index in [0.717, 1.165) is 40.8 Å². The van der Waals surface area contributed by atoms with E-state index in [1.54, 1.807) is 12.1 Å².